The van der Waals surface area contributed by atoms with Crippen LogP contribution in [0.3, 0.4) is 0 Å². The summed E-state index contributed by atoms with van der Waals surface area (Å²) in [4.78, 5) is 25.8. The van der Waals surface area contributed by atoms with Gasteiger partial charge >= 0.3 is 11.8 Å². The summed E-state index contributed by atoms with van der Waals surface area (Å²) in [6.07, 6.45) is 3.80. The molecule has 0 aliphatic rings. The van der Waals surface area contributed by atoms with Gasteiger partial charge in [0.1, 0.15) is 11.3 Å². The Balaban J connectivity index is 1.48. The lowest BCUT2D eigenvalue weighted by atomic mass is 9.96. The fourth-order valence-corrected chi connectivity index (χ4v) is 4.18. The third-order valence-electron chi connectivity index (χ3n) is 6.02. The Morgan fingerprint density at radius 3 is 2.41 bits per heavy atom. The highest BCUT2D eigenvalue weighted by atomic mass is 16.5. The largest absolute Gasteiger partial charge is 0.497 e. The second kappa shape index (κ2) is 10.00. The van der Waals surface area contributed by atoms with Crippen LogP contribution < -0.4 is 15.8 Å². The van der Waals surface area contributed by atoms with E-state index in [1.165, 1.54) is 5.56 Å². The van der Waals surface area contributed by atoms with E-state index in [4.69, 9.17) is 9.15 Å². The molecule has 1 heterocycles. The lowest BCUT2D eigenvalue weighted by Gasteiger charge is -2.26. The first-order valence-electron chi connectivity index (χ1n) is 11.5. The molecule has 34 heavy (non-hydrogen) atoms. The van der Waals surface area contributed by atoms with Crippen molar-refractivity contribution in [3.05, 3.63) is 88.9 Å². The molecule has 1 amide bonds. The minimum Gasteiger partial charge on any atom is -0.497 e. The smallest absolute Gasteiger partial charge is 0.428 e. The number of hydrogen-bond donors (Lipinski definition) is 1. The number of nitrogens with one attached hydrogen (secondary N) is 1. The highest BCUT2D eigenvalue weighted by molar-refractivity contribution is 5.95. The second-order valence-electron chi connectivity index (χ2n) is 9.09. The maximum absolute atomic E-state index is 13.1. The lowest BCUT2D eigenvalue weighted by molar-refractivity contribution is 0.227. The van der Waals surface area contributed by atoms with Gasteiger partial charge in [-0.15, -0.1) is 0 Å². The molecule has 0 bridgehead atoms. The number of aryl methyl sites for hydroxylation is 1. The van der Waals surface area contributed by atoms with Gasteiger partial charge in [-0.2, -0.15) is 4.57 Å². The molecule has 0 fully saturated rings. The molecule has 4 aromatic rings. The summed E-state index contributed by atoms with van der Waals surface area (Å²) in [5.74, 6) is 0.0358. The van der Waals surface area contributed by atoms with Gasteiger partial charge in [-0.1, -0.05) is 61.0 Å². The van der Waals surface area contributed by atoms with Crippen LogP contribution in [0.5, 0.6) is 5.75 Å². The zero-order valence-electron chi connectivity index (χ0n) is 19.8. The van der Waals surface area contributed by atoms with Crippen molar-refractivity contribution >= 4 is 17.1 Å². The number of unbranched alkanes of at least 4 members (excludes halogenated alkanes) is 1. The highest BCUT2D eigenvalue weighted by Crippen LogP contribution is 2.29. The van der Waals surface area contributed by atoms with Crippen LogP contribution >= 0.6 is 0 Å². The van der Waals surface area contributed by atoms with Crippen molar-refractivity contribution in [3.8, 4) is 16.9 Å². The van der Waals surface area contributed by atoms with Crippen LogP contribution in [-0.4, -0.2) is 23.2 Å². The van der Waals surface area contributed by atoms with Gasteiger partial charge in [0, 0.05) is 11.1 Å². The molecule has 4 rings (SSSR count). The maximum atomic E-state index is 13.1. The quantitative estimate of drug-likeness (QED) is 0.328. The van der Waals surface area contributed by atoms with E-state index >= 15 is 0 Å². The number of methoxy groups -OCH3 is 1. The van der Waals surface area contributed by atoms with E-state index in [1.807, 2.05) is 68.4 Å². The van der Waals surface area contributed by atoms with Gasteiger partial charge in [-0.05, 0) is 62.4 Å². The number of ether oxygens (including phenoxy) is 1. The first-order valence-corrected chi connectivity index (χ1v) is 11.5. The Labute approximate surface area is 199 Å². The number of benzene rings is 3. The number of para-hydroxylation sites is 1. The molecule has 0 atom stereocenters. The molecule has 0 radical (unpaired) electrons. The summed E-state index contributed by atoms with van der Waals surface area (Å²) in [7, 11) is 1.61. The molecule has 0 aliphatic carbocycles. The first-order chi connectivity index (χ1) is 16.4. The third-order valence-corrected chi connectivity index (χ3v) is 6.02. The van der Waals surface area contributed by atoms with E-state index < -0.39 is 17.3 Å². The van der Waals surface area contributed by atoms with Gasteiger partial charge in [0.15, 0.2) is 5.58 Å². The summed E-state index contributed by atoms with van der Waals surface area (Å²) >= 11 is 0. The number of rotatable bonds is 8. The summed E-state index contributed by atoms with van der Waals surface area (Å²) < 4.78 is 11.8. The fourth-order valence-electron chi connectivity index (χ4n) is 4.18. The molecule has 3 aromatic carbocycles. The van der Waals surface area contributed by atoms with E-state index in [0.717, 1.165) is 47.1 Å². The van der Waals surface area contributed by atoms with E-state index in [0.29, 0.717) is 11.1 Å². The molecule has 1 aromatic heterocycles. The zero-order chi connectivity index (χ0) is 24.1. The summed E-state index contributed by atoms with van der Waals surface area (Å²) in [5, 5.41) is 3.01. The Hall–Kier alpha value is -3.80. The van der Waals surface area contributed by atoms with E-state index in [1.54, 1.807) is 13.2 Å². The average molecular weight is 459 g/mol. The van der Waals surface area contributed by atoms with E-state index in [-0.39, 0.29) is 0 Å². The topological polar surface area (TPSA) is 73.5 Å². The molecular formula is C28H30N2O4. The minimum absolute atomic E-state index is 0.383. The van der Waals surface area contributed by atoms with Crippen molar-refractivity contribution in [2.45, 2.75) is 45.1 Å². The summed E-state index contributed by atoms with van der Waals surface area (Å²) in [5.41, 5.74) is 3.28. The SMILES string of the molecule is COc1ccc(-c2cccc3c2oc(=O)n3C(=O)NC(C)(C)CCCCc2ccccc2)cc1. The standard InChI is InChI=1S/C28H30N2O4/c1-28(2,19-8-7-12-20-10-5-4-6-11-20)29-26(31)30-24-14-9-13-23(25(24)34-27(30)32)21-15-17-22(33-3)18-16-21/h4-6,9-11,13-18H,7-8,12,19H2,1-3H3,(H,29,31). The molecule has 0 unspecified atom stereocenters. The van der Waals surface area contributed by atoms with Crippen molar-refractivity contribution in [1.82, 2.24) is 9.88 Å². The number of aromatic nitrogens is 1. The van der Waals surface area contributed by atoms with Crippen LogP contribution in [0.1, 0.15) is 38.7 Å². The van der Waals surface area contributed by atoms with Crippen molar-refractivity contribution in [2.24, 2.45) is 0 Å². The van der Waals surface area contributed by atoms with Crippen LogP contribution in [0.25, 0.3) is 22.2 Å². The molecule has 0 spiro atoms. The maximum Gasteiger partial charge on any atom is 0.428 e. The average Bonchev–Trinajstić information content (AvgIpc) is 3.18. The predicted octanol–water partition coefficient (Wildman–Crippen LogP) is 6.02. The van der Waals surface area contributed by atoms with Crippen molar-refractivity contribution in [2.75, 3.05) is 7.11 Å². The van der Waals surface area contributed by atoms with Crippen molar-refractivity contribution in [1.29, 1.82) is 0 Å². The molecular weight excluding hydrogens is 428 g/mol. The molecule has 1 N–H and O–H groups in total. The molecule has 6 nitrogen and oxygen atoms in total. The molecule has 6 heteroatoms. The van der Waals surface area contributed by atoms with Crippen LogP contribution in [0.2, 0.25) is 0 Å². The number of fused-ring (bicyclic) bond motifs is 1. The lowest BCUT2D eigenvalue weighted by Crippen LogP contribution is -2.47. The number of carbonyl (C=O) groups excluding carboxylic acids is 1. The van der Waals surface area contributed by atoms with Gasteiger partial charge in [0.25, 0.3) is 0 Å². The number of amides is 1. The monoisotopic (exact) mass is 458 g/mol. The number of nitrogens with zero attached hydrogens (tertiary/aromatic N) is 1. The second-order valence-corrected chi connectivity index (χ2v) is 9.09. The van der Waals surface area contributed by atoms with Crippen molar-refractivity contribution < 1.29 is 13.9 Å². The summed E-state index contributed by atoms with van der Waals surface area (Å²) in [6, 6.07) is 22.8. The van der Waals surface area contributed by atoms with Gasteiger partial charge in [0.05, 0.1) is 7.11 Å². The normalized spacial score (nSPS) is 11.5. The van der Waals surface area contributed by atoms with Crippen LogP contribution in [0.15, 0.2) is 82.0 Å². The van der Waals surface area contributed by atoms with Gasteiger partial charge in [-0.3, -0.25) is 0 Å². The summed E-state index contributed by atoms with van der Waals surface area (Å²) in [6.45, 7) is 3.95. The Bertz CT molecular complexity index is 1320. The molecule has 0 saturated carbocycles. The Kier molecular flexibility index (Phi) is 6.87. The first kappa shape index (κ1) is 23.4. The number of carbonyl (C=O) groups is 1. The minimum atomic E-state index is -0.701. The number of oxazole rings is 1. The Morgan fingerprint density at radius 1 is 0.971 bits per heavy atom. The van der Waals surface area contributed by atoms with E-state index in [9.17, 15) is 9.59 Å². The van der Waals surface area contributed by atoms with Gasteiger partial charge < -0.3 is 14.5 Å². The number of hydrogen-bond acceptors (Lipinski definition) is 4. The third kappa shape index (κ3) is 5.22. The molecule has 0 saturated heterocycles. The van der Waals surface area contributed by atoms with E-state index in [2.05, 4.69) is 17.4 Å². The zero-order valence-corrected chi connectivity index (χ0v) is 19.8. The predicted molar refractivity (Wildman–Crippen MR) is 134 cm³/mol. The molecule has 176 valence electrons. The fraction of sp³-hybridized carbons (Fsp3) is 0.286. The highest BCUT2D eigenvalue weighted by Gasteiger charge is 2.25. The Morgan fingerprint density at radius 2 is 1.71 bits per heavy atom. The van der Waals surface area contributed by atoms with Gasteiger partial charge in [0.2, 0.25) is 0 Å². The van der Waals surface area contributed by atoms with Gasteiger partial charge in [-0.25, -0.2) is 9.59 Å². The molecule has 0 aliphatic heterocycles. The van der Waals surface area contributed by atoms with Crippen LogP contribution in [0.4, 0.5) is 4.79 Å². The van der Waals surface area contributed by atoms with Crippen molar-refractivity contribution in [3.63, 3.8) is 0 Å². The van der Waals surface area contributed by atoms with Crippen LogP contribution in [0, 0.1) is 0 Å². The van der Waals surface area contributed by atoms with Crippen LogP contribution in [-0.2, 0) is 6.42 Å².